The molecule has 0 bridgehead atoms. The third kappa shape index (κ3) is 2.31. The highest BCUT2D eigenvalue weighted by Crippen LogP contribution is 2.29. The summed E-state index contributed by atoms with van der Waals surface area (Å²) in [7, 11) is 0. The molecule has 0 saturated heterocycles. The van der Waals surface area contributed by atoms with Crippen molar-refractivity contribution in [2.45, 2.75) is 32.6 Å². The Morgan fingerprint density at radius 2 is 2.00 bits per heavy atom. The van der Waals surface area contributed by atoms with Crippen molar-refractivity contribution in [3.63, 3.8) is 0 Å². The molecule has 1 aliphatic carbocycles. The van der Waals surface area contributed by atoms with Crippen LogP contribution in [0.15, 0.2) is 22.7 Å². The number of hydrogen-bond donors (Lipinski definition) is 0. The fourth-order valence-electron chi connectivity index (χ4n) is 2.17. The van der Waals surface area contributed by atoms with Gasteiger partial charge in [-0.25, -0.2) is 0 Å². The van der Waals surface area contributed by atoms with Gasteiger partial charge in [0, 0.05) is 16.0 Å². The Balaban J connectivity index is 2.21. The van der Waals surface area contributed by atoms with E-state index in [1.165, 1.54) is 18.4 Å². The highest BCUT2D eigenvalue weighted by Gasteiger charge is 2.23. The minimum atomic E-state index is 0.277. The van der Waals surface area contributed by atoms with E-state index in [4.69, 9.17) is 0 Å². The van der Waals surface area contributed by atoms with Crippen LogP contribution in [0.1, 0.15) is 41.6 Å². The van der Waals surface area contributed by atoms with Crippen molar-refractivity contribution in [1.82, 2.24) is 0 Å². The fraction of sp³-hybridized carbons (Fsp3) is 0.462. The van der Waals surface area contributed by atoms with Crippen LogP contribution in [-0.2, 0) is 0 Å². The van der Waals surface area contributed by atoms with E-state index in [-0.39, 0.29) is 5.92 Å². The maximum Gasteiger partial charge on any atom is 0.165 e. The molecule has 1 fully saturated rings. The summed E-state index contributed by atoms with van der Waals surface area (Å²) in [6, 6.07) is 5.91. The summed E-state index contributed by atoms with van der Waals surface area (Å²) < 4.78 is 1.03. The molecule has 1 aromatic carbocycles. The van der Waals surface area contributed by atoms with Crippen molar-refractivity contribution < 1.29 is 4.79 Å². The van der Waals surface area contributed by atoms with E-state index in [9.17, 15) is 4.79 Å². The zero-order valence-corrected chi connectivity index (χ0v) is 10.5. The monoisotopic (exact) mass is 266 g/mol. The maximum atomic E-state index is 12.1. The van der Waals surface area contributed by atoms with Gasteiger partial charge in [0.15, 0.2) is 5.78 Å². The SMILES string of the molecule is Cc1ccc(C(=O)C2CCCC2)cc1Br. The first-order valence-corrected chi connectivity index (χ1v) is 6.28. The summed E-state index contributed by atoms with van der Waals surface area (Å²) >= 11 is 3.47. The average molecular weight is 267 g/mol. The second kappa shape index (κ2) is 4.48. The minimum Gasteiger partial charge on any atom is -0.294 e. The molecule has 0 N–H and O–H groups in total. The van der Waals surface area contributed by atoms with E-state index in [0.29, 0.717) is 5.78 Å². The molecule has 1 aliphatic rings. The smallest absolute Gasteiger partial charge is 0.165 e. The van der Waals surface area contributed by atoms with Crippen molar-refractivity contribution in [3.8, 4) is 0 Å². The van der Waals surface area contributed by atoms with Crippen molar-refractivity contribution >= 4 is 21.7 Å². The van der Waals surface area contributed by atoms with Gasteiger partial charge in [-0.15, -0.1) is 0 Å². The number of hydrogen-bond acceptors (Lipinski definition) is 1. The number of carbonyl (C=O) groups excluding carboxylic acids is 1. The Morgan fingerprint density at radius 1 is 1.33 bits per heavy atom. The van der Waals surface area contributed by atoms with Crippen LogP contribution >= 0.6 is 15.9 Å². The second-order valence-electron chi connectivity index (χ2n) is 4.31. The molecule has 80 valence electrons. The number of carbonyl (C=O) groups is 1. The molecule has 0 unspecified atom stereocenters. The summed E-state index contributed by atoms with van der Waals surface area (Å²) in [5.74, 6) is 0.604. The highest BCUT2D eigenvalue weighted by atomic mass is 79.9. The molecule has 1 nitrogen and oxygen atoms in total. The topological polar surface area (TPSA) is 17.1 Å². The summed E-state index contributed by atoms with van der Waals surface area (Å²) in [4.78, 5) is 12.1. The van der Waals surface area contributed by atoms with Crippen molar-refractivity contribution in [1.29, 1.82) is 0 Å². The predicted octanol–water partition coefficient (Wildman–Crippen LogP) is 4.13. The summed E-state index contributed by atoms with van der Waals surface area (Å²) in [5, 5.41) is 0. The van der Waals surface area contributed by atoms with Gasteiger partial charge in [0.1, 0.15) is 0 Å². The van der Waals surface area contributed by atoms with Gasteiger partial charge >= 0.3 is 0 Å². The lowest BCUT2D eigenvalue weighted by molar-refractivity contribution is 0.0923. The number of aryl methyl sites for hydroxylation is 1. The summed E-state index contributed by atoms with van der Waals surface area (Å²) in [6.07, 6.45) is 4.57. The molecule has 15 heavy (non-hydrogen) atoms. The molecule has 2 rings (SSSR count). The zero-order valence-electron chi connectivity index (χ0n) is 8.92. The molecule has 2 heteroatoms. The van der Waals surface area contributed by atoms with E-state index >= 15 is 0 Å². The molecule has 0 spiro atoms. The molecule has 0 amide bonds. The molecule has 0 aromatic heterocycles. The number of Topliss-reactive ketones (excluding diaryl/α,β-unsaturated/α-hetero) is 1. The first kappa shape index (κ1) is 10.9. The van der Waals surface area contributed by atoms with Crippen LogP contribution in [0.5, 0.6) is 0 Å². The van der Waals surface area contributed by atoms with Crippen LogP contribution < -0.4 is 0 Å². The van der Waals surface area contributed by atoms with Crippen LogP contribution in [0.3, 0.4) is 0 Å². The summed E-state index contributed by atoms with van der Waals surface area (Å²) in [5.41, 5.74) is 2.04. The van der Waals surface area contributed by atoms with Crippen LogP contribution in [0, 0.1) is 12.8 Å². The highest BCUT2D eigenvalue weighted by molar-refractivity contribution is 9.10. The van der Waals surface area contributed by atoms with Gasteiger partial charge in [-0.2, -0.15) is 0 Å². The first-order chi connectivity index (χ1) is 7.18. The Kier molecular flexibility index (Phi) is 3.25. The second-order valence-corrected chi connectivity index (χ2v) is 5.16. The number of rotatable bonds is 2. The number of halogens is 1. The quantitative estimate of drug-likeness (QED) is 0.736. The van der Waals surface area contributed by atoms with E-state index < -0.39 is 0 Å². The van der Waals surface area contributed by atoms with Gasteiger partial charge < -0.3 is 0 Å². The fourth-order valence-corrected chi connectivity index (χ4v) is 2.55. The Bertz CT molecular complexity index is 378. The van der Waals surface area contributed by atoms with Crippen LogP contribution in [0.4, 0.5) is 0 Å². The predicted molar refractivity (Wildman–Crippen MR) is 65.2 cm³/mol. The third-order valence-electron chi connectivity index (χ3n) is 3.18. The van der Waals surface area contributed by atoms with E-state index in [1.54, 1.807) is 0 Å². The minimum absolute atomic E-state index is 0.277. The van der Waals surface area contributed by atoms with Gasteiger partial charge in [0.2, 0.25) is 0 Å². The normalized spacial score (nSPS) is 16.9. The van der Waals surface area contributed by atoms with Crippen LogP contribution in [-0.4, -0.2) is 5.78 Å². The van der Waals surface area contributed by atoms with Crippen molar-refractivity contribution in [2.75, 3.05) is 0 Å². The molecule has 0 atom stereocenters. The maximum absolute atomic E-state index is 12.1. The van der Waals surface area contributed by atoms with E-state index in [0.717, 1.165) is 22.9 Å². The summed E-state index contributed by atoms with van der Waals surface area (Å²) in [6.45, 7) is 2.04. The Hall–Kier alpha value is -0.630. The van der Waals surface area contributed by atoms with Crippen LogP contribution in [0.25, 0.3) is 0 Å². The van der Waals surface area contributed by atoms with E-state index in [1.807, 2.05) is 25.1 Å². The molecular formula is C13H15BrO. The first-order valence-electron chi connectivity index (χ1n) is 5.49. The Labute approximate surface area is 99.0 Å². The van der Waals surface area contributed by atoms with Gasteiger partial charge in [0.25, 0.3) is 0 Å². The van der Waals surface area contributed by atoms with Gasteiger partial charge in [-0.3, -0.25) is 4.79 Å². The Morgan fingerprint density at radius 3 is 2.60 bits per heavy atom. The number of ketones is 1. The molecule has 1 aromatic rings. The molecular weight excluding hydrogens is 252 g/mol. The lowest BCUT2D eigenvalue weighted by atomic mass is 9.96. The zero-order chi connectivity index (χ0) is 10.8. The van der Waals surface area contributed by atoms with Gasteiger partial charge in [0.05, 0.1) is 0 Å². The largest absolute Gasteiger partial charge is 0.294 e. The molecule has 1 saturated carbocycles. The van der Waals surface area contributed by atoms with Crippen molar-refractivity contribution in [2.24, 2.45) is 5.92 Å². The van der Waals surface area contributed by atoms with Crippen LogP contribution in [0.2, 0.25) is 0 Å². The van der Waals surface area contributed by atoms with Gasteiger partial charge in [-0.05, 0) is 31.4 Å². The van der Waals surface area contributed by atoms with E-state index in [2.05, 4.69) is 15.9 Å². The lowest BCUT2D eigenvalue weighted by Gasteiger charge is -2.08. The molecule has 0 heterocycles. The van der Waals surface area contributed by atoms with Crippen molar-refractivity contribution in [3.05, 3.63) is 33.8 Å². The average Bonchev–Trinajstić information content (AvgIpc) is 2.74. The number of benzene rings is 1. The lowest BCUT2D eigenvalue weighted by Crippen LogP contribution is -2.10. The standard InChI is InChI=1S/C13H15BrO/c1-9-6-7-11(8-12(9)14)13(15)10-4-2-3-5-10/h6-8,10H,2-5H2,1H3. The molecule has 0 aliphatic heterocycles. The molecule has 0 radical (unpaired) electrons. The van der Waals surface area contributed by atoms with Gasteiger partial charge in [-0.1, -0.05) is 40.9 Å². The third-order valence-corrected chi connectivity index (χ3v) is 4.04.